The van der Waals surface area contributed by atoms with Crippen molar-refractivity contribution < 1.29 is 0 Å². The van der Waals surface area contributed by atoms with Gasteiger partial charge in [0.25, 0.3) is 0 Å². The molecule has 0 heterocycles. The molecule has 1 aromatic rings. The van der Waals surface area contributed by atoms with Crippen LogP contribution in [0.2, 0.25) is 0 Å². The molecule has 0 N–H and O–H groups in total. The Kier molecular flexibility index (Phi) is 4.15. The zero-order valence-corrected chi connectivity index (χ0v) is 10.5. The number of benzene rings is 1. The van der Waals surface area contributed by atoms with Crippen LogP contribution in [-0.4, -0.2) is 39.1 Å². The highest BCUT2D eigenvalue weighted by molar-refractivity contribution is 5.54. The fourth-order valence-electron chi connectivity index (χ4n) is 1.60. The van der Waals surface area contributed by atoms with Crippen molar-refractivity contribution in [1.29, 1.82) is 0 Å². The van der Waals surface area contributed by atoms with Gasteiger partial charge in [-0.05, 0) is 45.1 Å². The van der Waals surface area contributed by atoms with Crippen molar-refractivity contribution in [2.75, 3.05) is 39.1 Å². The van der Waals surface area contributed by atoms with Gasteiger partial charge in [0.1, 0.15) is 0 Å². The Morgan fingerprint density at radius 2 is 1.67 bits per heavy atom. The Labute approximate surface area is 93.5 Å². The minimum absolute atomic E-state index is 1.07. The first kappa shape index (κ1) is 12.1. The smallest absolute Gasteiger partial charge is 0.0396 e. The zero-order chi connectivity index (χ0) is 11.4. The van der Waals surface area contributed by atoms with E-state index < -0.39 is 0 Å². The molecule has 0 aromatic heterocycles. The average molecular weight is 206 g/mol. The van der Waals surface area contributed by atoms with Crippen molar-refractivity contribution >= 4 is 5.69 Å². The van der Waals surface area contributed by atoms with Crippen LogP contribution in [0.15, 0.2) is 18.2 Å². The minimum atomic E-state index is 1.07. The van der Waals surface area contributed by atoms with Crippen LogP contribution in [0, 0.1) is 13.8 Å². The Hall–Kier alpha value is -1.02. The van der Waals surface area contributed by atoms with E-state index in [-0.39, 0.29) is 0 Å². The fourth-order valence-corrected chi connectivity index (χ4v) is 1.60. The second-order valence-electron chi connectivity index (χ2n) is 4.51. The van der Waals surface area contributed by atoms with Crippen LogP contribution in [0.3, 0.4) is 0 Å². The van der Waals surface area contributed by atoms with Crippen molar-refractivity contribution in [2.24, 2.45) is 0 Å². The third-order valence-corrected chi connectivity index (χ3v) is 2.66. The van der Waals surface area contributed by atoms with Crippen molar-refractivity contribution in [2.45, 2.75) is 13.8 Å². The third kappa shape index (κ3) is 3.56. The Morgan fingerprint density at radius 1 is 1.00 bits per heavy atom. The van der Waals surface area contributed by atoms with Crippen LogP contribution < -0.4 is 4.90 Å². The maximum absolute atomic E-state index is 2.32. The molecule has 0 aliphatic heterocycles. The molecule has 1 rings (SSSR count). The van der Waals surface area contributed by atoms with Crippen molar-refractivity contribution in [1.82, 2.24) is 4.90 Å². The molecule has 2 heteroatoms. The molecule has 0 saturated carbocycles. The van der Waals surface area contributed by atoms with E-state index >= 15 is 0 Å². The van der Waals surface area contributed by atoms with Crippen LogP contribution in [0.5, 0.6) is 0 Å². The first-order valence-electron chi connectivity index (χ1n) is 5.44. The normalized spacial score (nSPS) is 10.8. The monoisotopic (exact) mass is 206 g/mol. The zero-order valence-electron chi connectivity index (χ0n) is 10.5. The summed E-state index contributed by atoms with van der Waals surface area (Å²) in [6.07, 6.45) is 0. The number of likely N-dealkylation sites (N-methyl/N-ethyl adjacent to an activating group) is 2. The van der Waals surface area contributed by atoms with E-state index in [9.17, 15) is 0 Å². The van der Waals surface area contributed by atoms with Gasteiger partial charge in [-0.15, -0.1) is 0 Å². The number of hydrogen-bond acceptors (Lipinski definition) is 2. The first-order valence-corrected chi connectivity index (χ1v) is 5.44. The van der Waals surface area contributed by atoms with E-state index in [1.165, 1.54) is 16.8 Å². The van der Waals surface area contributed by atoms with Gasteiger partial charge in [-0.2, -0.15) is 0 Å². The molecule has 1 aromatic carbocycles. The molecule has 0 fully saturated rings. The van der Waals surface area contributed by atoms with Gasteiger partial charge in [-0.3, -0.25) is 0 Å². The molecule has 0 amide bonds. The second kappa shape index (κ2) is 5.17. The summed E-state index contributed by atoms with van der Waals surface area (Å²) in [5, 5.41) is 0. The molecule has 0 saturated heterocycles. The largest absolute Gasteiger partial charge is 0.373 e. The molecule has 0 spiro atoms. The van der Waals surface area contributed by atoms with Crippen LogP contribution in [0.25, 0.3) is 0 Å². The summed E-state index contributed by atoms with van der Waals surface area (Å²) >= 11 is 0. The van der Waals surface area contributed by atoms with Gasteiger partial charge < -0.3 is 9.80 Å². The highest BCUT2D eigenvalue weighted by Gasteiger charge is 2.04. The Bertz CT molecular complexity index is 318. The molecule has 0 aliphatic carbocycles. The van der Waals surface area contributed by atoms with Crippen LogP contribution in [0.4, 0.5) is 5.69 Å². The second-order valence-corrected chi connectivity index (χ2v) is 4.51. The number of rotatable bonds is 4. The third-order valence-electron chi connectivity index (χ3n) is 2.66. The van der Waals surface area contributed by atoms with Crippen LogP contribution in [-0.2, 0) is 0 Å². The lowest BCUT2D eigenvalue weighted by Crippen LogP contribution is -2.28. The fraction of sp³-hybridized carbons (Fsp3) is 0.538. The molecule has 0 aliphatic rings. The number of nitrogens with zero attached hydrogens (tertiary/aromatic N) is 2. The van der Waals surface area contributed by atoms with E-state index in [1.54, 1.807) is 0 Å². The lowest BCUT2D eigenvalue weighted by atomic mass is 10.1. The summed E-state index contributed by atoms with van der Waals surface area (Å²) in [5.74, 6) is 0. The SMILES string of the molecule is Cc1ccc(C)c(N(C)CCN(C)C)c1. The maximum Gasteiger partial charge on any atom is 0.0396 e. The summed E-state index contributed by atoms with van der Waals surface area (Å²) < 4.78 is 0. The Morgan fingerprint density at radius 3 is 2.27 bits per heavy atom. The topological polar surface area (TPSA) is 6.48 Å². The van der Waals surface area contributed by atoms with E-state index in [0.717, 1.165) is 13.1 Å². The van der Waals surface area contributed by atoms with Crippen LogP contribution >= 0.6 is 0 Å². The predicted molar refractivity (Wildman–Crippen MR) is 67.7 cm³/mol. The van der Waals surface area contributed by atoms with E-state index in [2.05, 4.69) is 63.0 Å². The summed E-state index contributed by atoms with van der Waals surface area (Å²) in [6, 6.07) is 6.61. The van der Waals surface area contributed by atoms with E-state index in [4.69, 9.17) is 0 Å². The van der Waals surface area contributed by atoms with Gasteiger partial charge in [0.05, 0.1) is 0 Å². The maximum atomic E-state index is 2.32. The highest BCUT2D eigenvalue weighted by Crippen LogP contribution is 2.19. The summed E-state index contributed by atoms with van der Waals surface area (Å²) in [4.78, 5) is 4.53. The first-order chi connectivity index (χ1) is 7.00. The van der Waals surface area contributed by atoms with Crippen molar-refractivity contribution in [3.8, 4) is 0 Å². The molecule has 2 nitrogen and oxygen atoms in total. The number of anilines is 1. The van der Waals surface area contributed by atoms with Gasteiger partial charge in [0.15, 0.2) is 0 Å². The minimum Gasteiger partial charge on any atom is -0.373 e. The summed E-state index contributed by atoms with van der Waals surface area (Å²) in [5.41, 5.74) is 4.02. The molecule has 0 unspecified atom stereocenters. The molecular weight excluding hydrogens is 184 g/mol. The van der Waals surface area contributed by atoms with Crippen LogP contribution in [0.1, 0.15) is 11.1 Å². The van der Waals surface area contributed by atoms with E-state index in [1.807, 2.05) is 0 Å². The molecular formula is C13H22N2. The Balaban J connectivity index is 2.72. The van der Waals surface area contributed by atoms with Gasteiger partial charge in [0, 0.05) is 25.8 Å². The molecule has 0 bridgehead atoms. The van der Waals surface area contributed by atoms with Crippen molar-refractivity contribution in [3.63, 3.8) is 0 Å². The summed E-state index contributed by atoms with van der Waals surface area (Å²) in [7, 11) is 6.37. The van der Waals surface area contributed by atoms with Gasteiger partial charge in [-0.25, -0.2) is 0 Å². The summed E-state index contributed by atoms with van der Waals surface area (Å²) in [6.45, 7) is 6.46. The van der Waals surface area contributed by atoms with Gasteiger partial charge in [-0.1, -0.05) is 12.1 Å². The number of hydrogen-bond donors (Lipinski definition) is 0. The van der Waals surface area contributed by atoms with E-state index in [0.29, 0.717) is 0 Å². The quantitative estimate of drug-likeness (QED) is 0.746. The van der Waals surface area contributed by atoms with Gasteiger partial charge in [0.2, 0.25) is 0 Å². The predicted octanol–water partition coefficient (Wildman–Crippen LogP) is 2.30. The number of aryl methyl sites for hydroxylation is 2. The lowest BCUT2D eigenvalue weighted by Gasteiger charge is -2.23. The standard InChI is InChI=1S/C13H22N2/c1-11-6-7-12(2)13(10-11)15(5)9-8-14(3)4/h6-7,10H,8-9H2,1-5H3. The van der Waals surface area contributed by atoms with Gasteiger partial charge >= 0.3 is 0 Å². The lowest BCUT2D eigenvalue weighted by molar-refractivity contribution is 0.416. The molecule has 84 valence electrons. The molecule has 0 atom stereocenters. The molecule has 0 radical (unpaired) electrons. The molecule has 15 heavy (non-hydrogen) atoms. The van der Waals surface area contributed by atoms with Crippen molar-refractivity contribution in [3.05, 3.63) is 29.3 Å². The average Bonchev–Trinajstić information content (AvgIpc) is 2.18. The highest BCUT2D eigenvalue weighted by atomic mass is 15.2.